The van der Waals surface area contributed by atoms with E-state index in [1.165, 1.54) is 6.92 Å². The van der Waals surface area contributed by atoms with Crippen LogP contribution in [0.15, 0.2) is 52.7 Å². The zero-order valence-corrected chi connectivity index (χ0v) is 13.1. The number of ketones is 1. The van der Waals surface area contributed by atoms with Crippen LogP contribution >= 0.6 is 0 Å². The van der Waals surface area contributed by atoms with Gasteiger partial charge in [0.05, 0.1) is 5.69 Å². The highest BCUT2D eigenvalue weighted by atomic mass is 16.4. The van der Waals surface area contributed by atoms with E-state index in [1.54, 1.807) is 40.8 Å². The van der Waals surface area contributed by atoms with Crippen molar-refractivity contribution in [3.8, 4) is 0 Å². The molecule has 7 nitrogen and oxygen atoms in total. The fraction of sp³-hybridized carbons (Fsp3) is 0.118. The van der Waals surface area contributed by atoms with Gasteiger partial charge in [-0.05, 0) is 38.1 Å². The van der Waals surface area contributed by atoms with Crippen molar-refractivity contribution in [3.05, 3.63) is 59.4 Å². The maximum atomic E-state index is 11.4. The van der Waals surface area contributed by atoms with Crippen molar-refractivity contribution in [2.45, 2.75) is 13.8 Å². The fourth-order valence-corrected chi connectivity index (χ4v) is 2.36. The summed E-state index contributed by atoms with van der Waals surface area (Å²) >= 11 is 0. The molecule has 0 unspecified atom stereocenters. The summed E-state index contributed by atoms with van der Waals surface area (Å²) in [5, 5.41) is 17.5. The lowest BCUT2D eigenvalue weighted by Gasteiger charge is -2.01. The molecule has 0 aliphatic carbocycles. The second-order valence-electron chi connectivity index (χ2n) is 5.26. The van der Waals surface area contributed by atoms with Crippen molar-refractivity contribution in [3.63, 3.8) is 0 Å². The molecule has 0 aliphatic rings. The summed E-state index contributed by atoms with van der Waals surface area (Å²) in [6, 6.07) is 12.0. The van der Waals surface area contributed by atoms with Crippen LogP contribution in [0.5, 0.6) is 0 Å². The smallest absolute Gasteiger partial charge is 0.358 e. The lowest BCUT2D eigenvalue weighted by Crippen LogP contribution is -1.97. The zero-order chi connectivity index (χ0) is 17.3. The first-order valence-electron chi connectivity index (χ1n) is 7.21. The molecule has 0 fully saturated rings. The molecule has 1 aromatic carbocycles. The highest BCUT2D eigenvalue weighted by Crippen LogP contribution is 2.26. The fourth-order valence-electron chi connectivity index (χ4n) is 2.36. The van der Waals surface area contributed by atoms with E-state index in [0.717, 1.165) is 5.69 Å². The van der Waals surface area contributed by atoms with Gasteiger partial charge in [0.1, 0.15) is 5.65 Å². The number of carboxylic acid groups (broad SMARTS) is 1. The molecule has 2 aromatic heterocycles. The van der Waals surface area contributed by atoms with E-state index in [0.29, 0.717) is 16.9 Å². The molecule has 0 radical (unpaired) electrons. The minimum absolute atomic E-state index is 0.0797. The number of azo groups is 1. The van der Waals surface area contributed by atoms with Gasteiger partial charge in [0.25, 0.3) is 0 Å². The predicted molar refractivity (Wildman–Crippen MR) is 87.5 cm³/mol. The number of Topliss-reactive ketones (excluding diaryl/α,β-unsaturated/α-hetero) is 1. The maximum Gasteiger partial charge on any atom is 0.358 e. The topological polar surface area (TPSA) is 96.4 Å². The quantitative estimate of drug-likeness (QED) is 0.581. The van der Waals surface area contributed by atoms with Gasteiger partial charge in [0, 0.05) is 11.3 Å². The summed E-state index contributed by atoms with van der Waals surface area (Å²) in [4.78, 5) is 27.0. The molecule has 0 aliphatic heterocycles. The SMILES string of the molecule is CC(=O)c1cccc(N=Nc2c(C(=O)O)nc3cccc(C)n23)c1. The predicted octanol–water partition coefficient (Wildman–Crippen LogP) is 3.96. The number of nitrogens with zero attached hydrogens (tertiary/aromatic N) is 4. The Bertz CT molecular complexity index is 989. The van der Waals surface area contributed by atoms with Gasteiger partial charge in [-0.15, -0.1) is 10.2 Å². The molecular formula is C17H14N4O3. The number of fused-ring (bicyclic) bond motifs is 1. The average Bonchev–Trinajstić information content (AvgIpc) is 2.93. The molecule has 2 heterocycles. The van der Waals surface area contributed by atoms with Crippen LogP contribution in [0.25, 0.3) is 5.65 Å². The number of benzene rings is 1. The lowest BCUT2D eigenvalue weighted by molar-refractivity contribution is 0.0692. The molecule has 0 atom stereocenters. The van der Waals surface area contributed by atoms with Gasteiger partial charge in [-0.3, -0.25) is 9.20 Å². The summed E-state index contributed by atoms with van der Waals surface area (Å²) in [5.74, 6) is -1.11. The third kappa shape index (κ3) is 2.79. The standard InChI is InChI=1S/C17H14N4O3/c1-10-5-3-8-14-18-15(17(23)24)16(21(10)14)20-19-13-7-4-6-12(9-13)11(2)22/h3-9H,1-2H3,(H,23,24). The van der Waals surface area contributed by atoms with Crippen molar-refractivity contribution in [2.24, 2.45) is 10.2 Å². The Balaban J connectivity index is 2.12. The lowest BCUT2D eigenvalue weighted by atomic mass is 10.1. The van der Waals surface area contributed by atoms with Crippen LogP contribution in [-0.4, -0.2) is 26.2 Å². The van der Waals surface area contributed by atoms with Crippen LogP contribution < -0.4 is 0 Å². The molecule has 0 saturated heterocycles. The van der Waals surface area contributed by atoms with E-state index < -0.39 is 5.97 Å². The number of aromatic carboxylic acids is 1. The van der Waals surface area contributed by atoms with Gasteiger partial charge in [0.15, 0.2) is 17.3 Å². The molecule has 1 N–H and O–H groups in total. The van der Waals surface area contributed by atoms with E-state index in [2.05, 4.69) is 15.2 Å². The van der Waals surface area contributed by atoms with Crippen LogP contribution in [0.4, 0.5) is 11.5 Å². The van der Waals surface area contributed by atoms with Crippen LogP contribution in [0.1, 0.15) is 33.5 Å². The second kappa shape index (κ2) is 6.04. The Labute approximate surface area is 137 Å². The first-order valence-corrected chi connectivity index (χ1v) is 7.21. The number of pyridine rings is 1. The van der Waals surface area contributed by atoms with Crippen molar-refractivity contribution in [2.75, 3.05) is 0 Å². The first-order chi connectivity index (χ1) is 11.5. The second-order valence-corrected chi connectivity index (χ2v) is 5.26. The Kier molecular flexibility index (Phi) is 3.91. The van der Waals surface area contributed by atoms with Crippen LogP contribution in [0.2, 0.25) is 0 Å². The molecule has 24 heavy (non-hydrogen) atoms. The van der Waals surface area contributed by atoms with Gasteiger partial charge in [-0.2, -0.15) is 0 Å². The number of carbonyl (C=O) groups is 2. The van der Waals surface area contributed by atoms with Crippen LogP contribution in [-0.2, 0) is 0 Å². The highest BCUT2D eigenvalue weighted by molar-refractivity contribution is 5.94. The number of carbonyl (C=O) groups excluding carboxylic acids is 1. The van der Waals surface area contributed by atoms with E-state index >= 15 is 0 Å². The molecule has 120 valence electrons. The molecule has 0 saturated carbocycles. The average molecular weight is 322 g/mol. The maximum absolute atomic E-state index is 11.4. The normalized spacial score (nSPS) is 11.2. The van der Waals surface area contributed by atoms with E-state index in [4.69, 9.17) is 0 Å². The number of hydrogen-bond acceptors (Lipinski definition) is 5. The summed E-state index contributed by atoms with van der Waals surface area (Å²) in [5.41, 5.74) is 2.08. The Morgan fingerprint density at radius 2 is 1.88 bits per heavy atom. The molecular weight excluding hydrogens is 308 g/mol. The largest absolute Gasteiger partial charge is 0.476 e. The third-order valence-corrected chi connectivity index (χ3v) is 3.53. The summed E-state index contributed by atoms with van der Waals surface area (Å²) in [6.07, 6.45) is 0. The van der Waals surface area contributed by atoms with Gasteiger partial charge >= 0.3 is 5.97 Å². The number of aryl methyl sites for hydroxylation is 1. The van der Waals surface area contributed by atoms with Gasteiger partial charge < -0.3 is 5.11 Å². The molecule has 7 heteroatoms. The molecule has 0 spiro atoms. The molecule has 0 bridgehead atoms. The molecule has 3 aromatic rings. The zero-order valence-electron chi connectivity index (χ0n) is 13.1. The third-order valence-electron chi connectivity index (χ3n) is 3.53. The van der Waals surface area contributed by atoms with Crippen molar-refractivity contribution >= 4 is 28.9 Å². The summed E-state index contributed by atoms with van der Waals surface area (Å²) in [6.45, 7) is 3.29. The molecule has 0 amide bonds. The number of imidazole rings is 1. The van der Waals surface area contributed by atoms with E-state index in [9.17, 15) is 14.7 Å². The Hall–Kier alpha value is -3.35. The minimum Gasteiger partial charge on any atom is -0.476 e. The van der Waals surface area contributed by atoms with Gasteiger partial charge in [-0.1, -0.05) is 18.2 Å². The van der Waals surface area contributed by atoms with Gasteiger partial charge in [0.2, 0.25) is 0 Å². The van der Waals surface area contributed by atoms with Crippen molar-refractivity contribution < 1.29 is 14.7 Å². The molecule has 3 rings (SSSR count). The van der Waals surface area contributed by atoms with E-state index in [1.807, 2.05) is 13.0 Å². The number of hydrogen-bond donors (Lipinski definition) is 1. The van der Waals surface area contributed by atoms with Crippen molar-refractivity contribution in [1.82, 2.24) is 9.38 Å². The number of rotatable bonds is 4. The Morgan fingerprint density at radius 1 is 1.12 bits per heavy atom. The Morgan fingerprint density at radius 3 is 2.58 bits per heavy atom. The first kappa shape index (κ1) is 15.5. The van der Waals surface area contributed by atoms with Crippen LogP contribution in [0.3, 0.4) is 0 Å². The van der Waals surface area contributed by atoms with Gasteiger partial charge in [-0.25, -0.2) is 9.78 Å². The van der Waals surface area contributed by atoms with Crippen LogP contribution in [0, 0.1) is 6.92 Å². The summed E-state index contributed by atoms with van der Waals surface area (Å²) < 4.78 is 1.63. The van der Waals surface area contributed by atoms with E-state index in [-0.39, 0.29) is 17.3 Å². The number of carboxylic acids is 1. The number of aromatic nitrogens is 2. The highest BCUT2D eigenvalue weighted by Gasteiger charge is 2.19. The summed E-state index contributed by atoms with van der Waals surface area (Å²) in [7, 11) is 0. The minimum atomic E-state index is -1.18. The monoisotopic (exact) mass is 322 g/mol. The van der Waals surface area contributed by atoms with Crippen molar-refractivity contribution in [1.29, 1.82) is 0 Å².